The molecule has 6 heteroatoms. The van der Waals surface area contributed by atoms with Crippen molar-refractivity contribution < 1.29 is 9.59 Å². The molecule has 2 aromatic carbocycles. The van der Waals surface area contributed by atoms with E-state index >= 15 is 0 Å². The highest BCUT2D eigenvalue weighted by Crippen LogP contribution is 2.29. The van der Waals surface area contributed by atoms with Crippen molar-refractivity contribution in [2.45, 2.75) is 5.92 Å². The Morgan fingerprint density at radius 3 is 2.36 bits per heavy atom. The Hall–Kier alpha value is -2.17. The van der Waals surface area contributed by atoms with Crippen molar-refractivity contribution in [1.82, 2.24) is 5.32 Å². The lowest BCUT2D eigenvalue weighted by atomic mass is 9.96. The quantitative estimate of drug-likeness (QED) is 0.855. The molecule has 0 aromatic heterocycles. The van der Waals surface area contributed by atoms with Crippen molar-refractivity contribution in [1.29, 1.82) is 0 Å². The number of nitrogens with zero attached hydrogens (tertiary/aromatic N) is 1. The van der Waals surface area contributed by atoms with E-state index in [1.165, 1.54) is 0 Å². The summed E-state index contributed by atoms with van der Waals surface area (Å²) in [6, 6.07) is 13.8. The molecule has 2 aromatic rings. The summed E-state index contributed by atoms with van der Waals surface area (Å²) in [6.45, 7) is 0. The van der Waals surface area contributed by atoms with Gasteiger partial charge in [0.15, 0.2) is 0 Å². The molecule has 2 amide bonds. The van der Waals surface area contributed by atoms with Gasteiger partial charge in [0.1, 0.15) is 11.6 Å². The number of benzene rings is 2. The van der Waals surface area contributed by atoms with Gasteiger partial charge < -0.3 is 0 Å². The van der Waals surface area contributed by atoms with Crippen molar-refractivity contribution in [2.75, 3.05) is 0 Å². The maximum absolute atomic E-state index is 12.0. The summed E-state index contributed by atoms with van der Waals surface area (Å²) in [4.78, 5) is 28.3. The van der Waals surface area contributed by atoms with Crippen LogP contribution in [0.2, 0.25) is 10.0 Å². The summed E-state index contributed by atoms with van der Waals surface area (Å²) in [5, 5.41) is 3.03. The molecular weight excluding hydrogens is 323 g/mol. The first kappa shape index (κ1) is 14.8. The summed E-state index contributed by atoms with van der Waals surface area (Å²) in [5.41, 5.74) is 1.33. The fourth-order valence-corrected chi connectivity index (χ4v) is 2.56. The second kappa shape index (κ2) is 5.91. The molecule has 1 unspecified atom stereocenters. The van der Waals surface area contributed by atoms with Gasteiger partial charge in [-0.1, -0.05) is 53.5 Å². The zero-order valence-electron chi connectivity index (χ0n) is 11.2. The topological polar surface area (TPSA) is 58.5 Å². The molecule has 1 fully saturated rings. The van der Waals surface area contributed by atoms with Crippen LogP contribution < -0.4 is 5.32 Å². The Balaban J connectivity index is 2.06. The number of halogens is 2. The van der Waals surface area contributed by atoms with Crippen LogP contribution in [0.25, 0.3) is 0 Å². The van der Waals surface area contributed by atoms with E-state index in [1.54, 1.807) is 30.3 Å². The molecule has 0 saturated carbocycles. The molecule has 22 heavy (non-hydrogen) atoms. The summed E-state index contributed by atoms with van der Waals surface area (Å²) < 4.78 is 0. The first-order chi connectivity index (χ1) is 10.6. The highest BCUT2D eigenvalue weighted by atomic mass is 35.5. The highest BCUT2D eigenvalue weighted by Gasteiger charge is 2.39. The van der Waals surface area contributed by atoms with Gasteiger partial charge in [0.05, 0.1) is 15.7 Å². The van der Waals surface area contributed by atoms with Crippen LogP contribution in [0.4, 0.5) is 5.69 Å². The predicted molar refractivity (Wildman–Crippen MR) is 85.9 cm³/mol. The minimum Gasteiger partial charge on any atom is -0.290 e. The van der Waals surface area contributed by atoms with E-state index in [1.807, 2.05) is 18.2 Å². The molecule has 0 radical (unpaired) electrons. The summed E-state index contributed by atoms with van der Waals surface area (Å²) >= 11 is 11.8. The van der Waals surface area contributed by atoms with Crippen molar-refractivity contribution in [3.05, 3.63) is 64.1 Å². The van der Waals surface area contributed by atoms with Crippen LogP contribution in [-0.2, 0) is 9.59 Å². The monoisotopic (exact) mass is 332 g/mol. The van der Waals surface area contributed by atoms with E-state index < -0.39 is 11.8 Å². The molecule has 1 saturated heterocycles. The van der Waals surface area contributed by atoms with Crippen molar-refractivity contribution in [3.8, 4) is 0 Å². The smallest absolute Gasteiger partial charge is 0.273 e. The van der Waals surface area contributed by atoms with E-state index in [-0.39, 0.29) is 11.6 Å². The molecule has 1 N–H and O–H groups in total. The molecule has 3 rings (SSSR count). The number of aliphatic imine (C=N–C) groups is 1. The van der Waals surface area contributed by atoms with Crippen LogP contribution in [0.3, 0.4) is 0 Å². The van der Waals surface area contributed by atoms with E-state index in [0.717, 1.165) is 0 Å². The van der Waals surface area contributed by atoms with E-state index in [2.05, 4.69) is 10.3 Å². The standard InChI is InChI=1S/C16H10Cl2N2O2/c17-11-7-6-10(8-12(11)18)19-14-13(15(21)20-16(14)22)9-4-2-1-3-5-9/h1-8,13H,(H,20,21,22). The van der Waals surface area contributed by atoms with Gasteiger partial charge in [0.2, 0.25) is 5.91 Å². The zero-order chi connectivity index (χ0) is 15.7. The Morgan fingerprint density at radius 2 is 1.68 bits per heavy atom. The van der Waals surface area contributed by atoms with Crippen LogP contribution in [0, 0.1) is 0 Å². The van der Waals surface area contributed by atoms with Crippen molar-refractivity contribution in [3.63, 3.8) is 0 Å². The Labute approximate surface area is 136 Å². The van der Waals surface area contributed by atoms with Gasteiger partial charge in [-0.25, -0.2) is 4.99 Å². The first-order valence-electron chi connectivity index (χ1n) is 6.50. The molecule has 1 aliphatic heterocycles. The predicted octanol–water partition coefficient (Wildman–Crippen LogP) is 3.51. The van der Waals surface area contributed by atoms with E-state index in [0.29, 0.717) is 21.3 Å². The van der Waals surface area contributed by atoms with Gasteiger partial charge in [0, 0.05) is 0 Å². The van der Waals surface area contributed by atoms with Crippen LogP contribution in [0.1, 0.15) is 11.5 Å². The minimum atomic E-state index is -0.719. The lowest BCUT2D eigenvalue weighted by Gasteiger charge is -2.07. The normalized spacial score (nSPS) is 19.5. The van der Waals surface area contributed by atoms with Crippen LogP contribution in [-0.4, -0.2) is 17.5 Å². The number of hydrogen-bond donors (Lipinski definition) is 1. The van der Waals surface area contributed by atoms with Crippen molar-refractivity contribution in [2.24, 2.45) is 4.99 Å². The summed E-state index contributed by atoms with van der Waals surface area (Å²) in [5.74, 6) is -1.59. The molecule has 4 nitrogen and oxygen atoms in total. The number of rotatable bonds is 2. The minimum absolute atomic E-state index is 0.148. The van der Waals surface area contributed by atoms with Gasteiger partial charge in [-0.15, -0.1) is 0 Å². The van der Waals surface area contributed by atoms with Crippen LogP contribution in [0.5, 0.6) is 0 Å². The molecule has 0 bridgehead atoms. The Bertz CT molecular complexity index is 788. The number of carbonyl (C=O) groups is 2. The van der Waals surface area contributed by atoms with E-state index in [9.17, 15) is 9.59 Å². The van der Waals surface area contributed by atoms with Crippen LogP contribution >= 0.6 is 23.2 Å². The molecule has 110 valence electrons. The number of carbonyl (C=O) groups excluding carboxylic acids is 2. The molecule has 1 atom stereocenters. The maximum atomic E-state index is 12.0. The highest BCUT2D eigenvalue weighted by molar-refractivity contribution is 6.52. The molecule has 1 heterocycles. The van der Waals surface area contributed by atoms with Gasteiger partial charge in [0.25, 0.3) is 5.91 Å². The first-order valence-corrected chi connectivity index (χ1v) is 7.25. The van der Waals surface area contributed by atoms with Gasteiger partial charge in [-0.2, -0.15) is 0 Å². The fraction of sp³-hybridized carbons (Fsp3) is 0.0625. The van der Waals surface area contributed by atoms with Gasteiger partial charge >= 0.3 is 0 Å². The second-order valence-electron chi connectivity index (χ2n) is 4.76. The fourth-order valence-electron chi connectivity index (χ4n) is 2.27. The van der Waals surface area contributed by atoms with Crippen LogP contribution in [0.15, 0.2) is 53.5 Å². The average molecular weight is 333 g/mol. The van der Waals surface area contributed by atoms with Gasteiger partial charge in [-0.05, 0) is 23.8 Å². The maximum Gasteiger partial charge on any atom is 0.273 e. The third-order valence-corrected chi connectivity index (χ3v) is 4.03. The Morgan fingerprint density at radius 1 is 0.955 bits per heavy atom. The van der Waals surface area contributed by atoms with Gasteiger partial charge in [-0.3, -0.25) is 14.9 Å². The number of hydrogen-bond acceptors (Lipinski definition) is 3. The second-order valence-corrected chi connectivity index (χ2v) is 5.57. The zero-order valence-corrected chi connectivity index (χ0v) is 12.7. The number of amides is 2. The number of imide groups is 1. The molecule has 1 aliphatic rings. The lowest BCUT2D eigenvalue weighted by molar-refractivity contribution is -0.124. The van der Waals surface area contributed by atoms with Crippen molar-refractivity contribution >= 4 is 46.4 Å². The molecule has 0 aliphatic carbocycles. The molecular formula is C16H10Cl2N2O2. The third-order valence-electron chi connectivity index (χ3n) is 3.29. The molecule has 0 spiro atoms. The average Bonchev–Trinajstić information content (AvgIpc) is 2.78. The third kappa shape index (κ3) is 2.75. The number of nitrogens with one attached hydrogen (secondary N) is 1. The SMILES string of the molecule is O=C1NC(=O)C(c2ccccc2)C1=Nc1ccc(Cl)c(Cl)c1. The van der Waals surface area contributed by atoms with E-state index in [4.69, 9.17) is 23.2 Å². The summed E-state index contributed by atoms with van der Waals surface area (Å²) in [7, 11) is 0. The largest absolute Gasteiger partial charge is 0.290 e. The summed E-state index contributed by atoms with van der Waals surface area (Å²) in [6.07, 6.45) is 0. The Kier molecular flexibility index (Phi) is 3.96. The lowest BCUT2D eigenvalue weighted by Crippen LogP contribution is -2.22.